The smallest absolute Gasteiger partial charge is 0.306 e. The van der Waals surface area contributed by atoms with Crippen molar-refractivity contribution in [3.8, 4) is 0 Å². The molecule has 7 nitrogen and oxygen atoms in total. The van der Waals surface area contributed by atoms with Gasteiger partial charge in [-0.25, -0.2) is 0 Å². The van der Waals surface area contributed by atoms with Crippen LogP contribution in [0.1, 0.15) is 24.9 Å². The molecule has 1 saturated heterocycles. The van der Waals surface area contributed by atoms with Crippen LogP contribution in [0.5, 0.6) is 0 Å². The molecule has 2 aromatic rings. The molecule has 0 spiro atoms. The first kappa shape index (κ1) is 21.0. The minimum Gasteiger partial charge on any atom is -0.349 e. The summed E-state index contributed by atoms with van der Waals surface area (Å²) in [6, 6.07) is 7.85. The Morgan fingerprint density at radius 3 is 2.66 bits per heavy atom. The number of nitro groups is 1. The lowest BCUT2D eigenvalue weighted by atomic mass is 10.0. The van der Waals surface area contributed by atoms with Crippen LogP contribution in [0.3, 0.4) is 0 Å². The number of halogens is 3. The maximum absolute atomic E-state index is 13.5. The molecule has 2 amide bonds. The van der Waals surface area contributed by atoms with Gasteiger partial charge >= 0.3 is 5.69 Å². The topological polar surface area (TPSA) is 92.6 Å². The second-order valence-corrected chi connectivity index (χ2v) is 7.52. The first-order valence-corrected chi connectivity index (χ1v) is 9.42. The van der Waals surface area contributed by atoms with Crippen LogP contribution in [0, 0.1) is 21.8 Å². The van der Waals surface area contributed by atoms with Gasteiger partial charge in [0, 0.05) is 19.0 Å². The molecule has 2 unspecified atom stereocenters. The summed E-state index contributed by atoms with van der Waals surface area (Å²) in [5.41, 5.74) is 0.204. The average molecular weight is 440 g/mol. The molecule has 152 valence electrons. The molecule has 0 radical (unpaired) electrons. The van der Waals surface area contributed by atoms with Crippen LogP contribution in [0.4, 0.5) is 15.8 Å². The quantitative estimate of drug-likeness (QED) is 0.555. The number of hydrogen-bond acceptors (Lipinski definition) is 4. The van der Waals surface area contributed by atoms with Crippen molar-refractivity contribution >= 4 is 46.4 Å². The third-order valence-corrected chi connectivity index (χ3v) is 5.48. The van der Waals surface area contributed by atoms with Crippen molar-refractivity contribution in [2.75, 3.05) is 11.4 Å². The number of carbonyl (C=O) groups is 2. The van der Waals surface area contributed by atoms with Crippen LogP contribution < -0.4 is 10.2 Å². The van der Waals surface area contributed by atoms with E-state index in [0.29, 0.717) is 10.0 Å². The minimum absolute atomic E-state index is 0.0432. The first-order chi connectivity index (χ1) is 13.7. The summed E-state index contributed by atoms with van der Waals surface area (Å²) in [5.74, 6) is -2.34. The van der Waals surface area contributed by atoms with Crippen molar-refractivity contribution in [1.82, 2.24) is 5.32 Å². The van der Waals surface area contributed by atoms with Gasteiger partial charge in [-0.1, -0.05) is 29.3 Å². The number of amides is 2. The van der Waals surface area contributed by atoms with Crippen LogP contribution in [-0.4, -0.2) is 23.3 Å². The molecular formula is C19H16Cl2FN3O4. The van der Waals surface area contributed by atoms with Crippen molar-refractivity contribution in [1.29, 1.82) is 0 Å². The zero-order valence-corrected chi connectivity index (χ0v) is 16.7. The molecule has 3 rings (SSSR count). The van der Waals surface area contributed by atoms with Crippen LogP contribution in [0.2, 0.25) is 10.0 Å². The maximum Gasteiger partial charge on any atom is 0.306 e. The van der Waals surface area contributed by atoms with Crippen molar-refractivity contribution < 1.29 is 18.9 Å². The van der Waals surface area contributed by atoms with E-state index < -0.39 is 22.3 Å². The number of nitrogens with zero attached hydrogens (tertiary/aromatic N) is 2. The summed E-state index contributed by atoms with van der Waals surface area (Å²) < 4.78 is 13.5. The lowest BCUT2D eigenvalue weighted by Crippen LogP contribution is -2.34. The Morgan fingerprint density at radius 2 is 2.00 bits per heavy atom. The van der Waals surface area contributed by atoms with Gasteiger partial charge in [-0.05, 0) is 36.8 Å². The van der Waals surface area contributed by atoms with E-state index in [0.717, 1.165) is 17.7 Å². The molecule has 2 aromatic carbocycles. The van der Waals surface area contributed by atoms with Gasteiger partial charge in [0.1, 0.15) is 0 Å². The molecule has 2 atom stereocenters. The van der Waals surface area contributed by atoms with Gasteiger partial charge in [0.15, 0.2) is 0 Å². The maximum atomic E-state index is 13.5. The van der Waals surface area contributed by atoms with E-state index in [1.54, 1.807) is 25.1 Å². The summed E-state index contributed by atoms with van der Waals surface area (Å²) >= 11 is 11.9. The van der Waals surface area contributed by atoms with E-state index in [9.17, 15) is 24.1 Å². The van der Waals surface area contributed by atoms with Crippen molar-refractivity contribution in [2.24, 2.45) is 5.92 Å². The predicted octanol–water partition coefficient (Wildman–Crippen LogP) is 4.27. The zero-order valence-electron chi connectivity index (χ0n) is 15.2. The summed E-state index contributed by atoms with van der Waals surface area (Å²) in [6.45, 7) is 1.82. The molecule has 1 N–H and O–H groups in total. The van der Waals surface area contributed by atoms with E-state index >= 15 is 0 Å². The molecule has 1 fully saturated rings. The van der Waals surface area contributed by atoms with Crippen LogP contribution >= 0.6 is 23.2 Å². The standard InChI is InChI=1S/C19H16Cl2FN3O4/c1-10(11-2-4-14(20)15(21)6-11)23-19(27)12-7-18(26)24(9-12)13-3-5-16(22)17(8-13)25(28)29/h2-6,8,10,12H,7,9H2,1H3,(H,23,27). The fourth-order valence-corrected chi connectivity index (χ4v) is 3.44. The molecule has 0 aliphatic carbocycles. The van der Waals surface area contributed by atoms with Gasteiger partial charge in [0.2, 0.25) is 17.6 Å². The first-order valence-electron chi connectivity index (χ1n) is 8.67. The summed E-state index contributed by atoms with van der Waals surface area (Å²) in [7, 11) is 0. The molecule has 1 heterocycles. The molecule has 0 bridgehead atoms. The van der Waals surface area contributed by atoms with Gasteiger partial charge in [-0.3, -0.25) is 19.7 Å². The van der Waals surface area contributed by atoms with Crippen molar-refractivity contribution in [3.05, 3.63) is 67.9 Å². The molecule has 1 aliphatic heterocycles. The highest BCUT2D eigenvalue weighted by atomic mass is 35.5. The number of nitro benzene ring substituents is 1. The summed E-state index contributed by atoms with van der Waals surface area (Å²) in [6.07, 6.45) is -0.0505. The number of anilines is 1. The van der Waals surface area contributed by atoms with E-state index in [1.165, 1.54) is 11.0 Å². The third-order valence-electron chi connectivity index (χ3n) is 4.74. The SMILES string of the molecule is CC(NC(=O)C1CC(=O)N(c2ccc(F)c([N+](=O)[O-])c2)C1)c1ccc(Cl)c(Cl)c1. The van der Waals surface area contributed by atoms with Crippen molar-refractivity contribution in [2.45, 2.75) is 19.4 Å². The molecule has 0 aromatic heterocycles. The molecule has 29 heavy (non-hydrogen) atoms. The fourth-order valence-electron chi connectivity index (χ4n) is 3.14. The Balaban J connectivity index is 1.71. The normalized spacial score (nSPS) is 17.3. The lowest BCUT2D eigenvalue weighted by molar-refractivity contribution is -0.387. The Morgan fingerprint density at radius 1 is 1.28 bits per heavy atom. The zero-order chi connectivity index (χ0) is 21.3. The number of hydrogen-bond donors (Lipinski definition) is 1. The highest BCUT2D eigenvalue weighted by Gasteiger charge is 2.36. The van der Waals surface area contributed by atoms with Gasteiger partial charge in [-0.2, -0.15) is 4.39 Å². The fraction of sp³-hybridized carbons (Fsp3) is 0.263. The van der Waals surface area contributed by atoms with Gasteiger partial charge in [0.25, 0.3) is 0 Å². The Kier molecular flexibility index (Phi) is 6.04. The average Bonchev–Trinajstić information content (AvgIpc) is 3.06. The highest BCUT2D eigenvalue weighted by molar-refractivity contribution is 6.42. The Labute approximate surface area is 175 Å². The molecule has 0 saturated carbocycles. The van der Waals surface area contributed by atoms with E-state index in [2.05, 4.69) is 5.32 Å². The predicted molar refractivity (Wildman–Crippen MR) is 107 cm³/mol. The Hall–Kier alpha value is -2.71. The lowest BCUT2D eigenvalue weighted by Gasteiger charge is -2.19. The largest absolute Gasteiger partial charge is 0.349 e. The minimum atomic E-state index is -0.991. The summed E-state index contributed by atoms with van der Waals surface area (Å²) in [5, 5.41) is 14.5. The number of nitrogens with one attached hydrogen (secondary N) is 1. The number of benzene rings is 2. The molecular weight excluding hydrogens is 424 g/mol. The summed E-state index contributed by atoms with van der Waals surface area (Å²) in [4.78, 5) is 36.3. The van der Waals surface area contributed by atoms with E-state index in [4.69, 9.17) is 23.2 Å². The second kappa shape index (κ2) is 8.34. The molecule has 1 aliphatic rings. The van der Waals surface area contributed by atoms with E-state index in [1.807, 2.05) is 0 Å². The van der Waals surface area contributed by atoms with Crippen LogP contribution in [0.25, 0.3) is 0 Å². The van der Waals surface area contributed by atoms with Crippen molar-refractivity contribution in [3.63, 3.8) is 0 Å². The van der Waals surface area contributed by atoms with Crippen LogP contribution in [0.15, 0.2) is 36.4 Å². The van der Waals surface area contributed by atoms with Gasteiger partial charge in [0.05, 0.1) is 32.6 Å². The number of rotatable bonds is 5. The third kappa shape index (κ3) is 4.49. The van der Waals surface area contributed by atoms with Crippen LogP contribution in [-0.2, 0) is 9.59 Å². The monoisotopic (exact) mass is 439 g/mol. The number of carbonyl (C=O) groups excluding carboxylic acids is 2. The van der Waals surface area contributed by atoms with E-state index in [-0.39, 0.29) is 36.5 Å². The second-order valence-electron chi connectivity index (χ2n) is 6.70. The van der Waals surface area contributed by atoms with Gasteiger partial charge in [-0.15, -0.1) is 0 Å². The highest BCUT2D eigenvalue weighted by Crippen LogP contribution is 2.30. The molecule has 10 heteroatoms. The Bertz CT molecular complexity index is 1000. The van der Waals surface area contributed by atoms with Gasteiger partial charge < -0.3 is 10.2 Å².